The van der Waals surface area contributed by atoms with Crippen molar-refractivity contribution in [1.29, 1.82) is 0 Å². The van der Waals surface area contributed by atoms with Gasteiger partial charge in [0.1, 0.15) is 5.75 Å². The number of hydrogen-bond donors (Lipinski definition) is 0. The van der Waals surface area contributed by atoms with Gasteiger partial charge in [0, 0.05) is 50.2 Å². The maximum Gasteiger partial charge on any atom is 0.257 e. The molecule has 0 bridgehead atoms. The van der Waals surface area contributed by atoms with Crippen LogP contribution in [0.15, 0.2) is 48.5 Å². The van der Waals surface area contributed by atoms with Gasteiger partial charge in [0.2, 0.25) is 5.91 Å². The second-order valence-corrected chi connectivity index (χ2v) is 9.41. The zero-order valence-corrected chi connectivity index (χ0v) is 19.6. The fourth-order valence-corrected chi connectivity index (χ4v) is 5.55. The van der Waals surface area contributed by atoms with Crippen LogP contribution < -0.4 is 4.74 Å². The van der Waals surface area contributed by atoms with Gasteiger partial charge < -0.3 is 19.4 Å². The number of para-hydroxylation sites is 1. The van der Waals surface area contributed by atoms with Crippen LogP contribution >= 0.6 is 0 Å². The minimum absolute atomic E-state index is 0.0413. The molecule has 0 aromatic heterocycles. The molecule has 0 saturated carbocycles. The lowest BCUT2D eigenvalue weighted by Crippen LogP contribution is -2.50. The SMILES string of the molecule is COc1ccccc1C(=O)N1CCC(C(=O)N2CCC(N3Cc4ccccc4C3=O)CC2)CC1. The Balaban J connectivity index is 1.12. The topological polar surface area (TPSA) is 70.2 Å². The molecule has 0 aliphatic carbocycles. The van der Waals surface area contributed by atoms with Crippen LogP contribution in [0.25, 0.3) is 0 Å². The lowest BCUT2D eigenvalue weighted by Gasteiger charge is -2.39. The Morgan fingerprint density at radius 1 is 0.853 bits per heavy atom. The van der Waals surface area contributed by atoms with Gasteiger partial charge in [0.05, 0.1) is 12.7 Å². The van der Waals surface area contributed by atoms with Crippen molar-refractivity contribution >= 4 is 17.7 Å². The highest BCUT2D eigenvalue weighted by Crippen LogP contribution is 2.30. The molecule has 7 nitrogen and oxygen atoms in total. The summed E-state index contributed by atoms with van der Waals surface area (Å²) in [5, 5.41) is 0. The molecule has 0 spiro atoms. The number of carbonyl (C=O) groups is 3. The van der Waals surface area contributed by atoms with Crippen molar-refractivity contribution in [2.24, 2.45) is 5.92 Å². The van der Waals surface area contributed by atoms with Crippen LogP contribution in [0, 0.1) is 5.92 Å². The second kappa shape index (κ2) is 9.49. The lowest BCUT2D eigenvalue weighted by molar-refractivity contribution is -0.138. The van der Waals surface area contributed by atoms with E-state index in [9.17, 15) is 14.4 Å². The number of likely N-dealkylation sites (tertiary alicyclic amines) is 2. The zero-order chi connectivity index (χ0) is 23.7. The fourth-order valence-electron chi connectivity index (χ4n) is 5.55. The second-order valence-electron chi connectivity index (χ2n) is 9.41. The van der Waals surface area contributed by atoms with E-state index >= 15 is 0 Å². The number of ether oxygens (including phenoxy) is 1. The van der Waals surface area contributed by atoms with Crippen LogP contribution in [-0.4, -0.2) is 71.8 Å². The molecule has 2 saturated heterocycles. The molecule has 3 aliphatic rings. The first-order valence-electron chi connectivity index (χ1n) is 12.2. The normalized spacial score (nSPS) is 19.3. The van der Waals surface area contributed by atoms with E-state index in [1.807, 2.05) is 51.1 Å². The average Bonchev–Trinajstić information content (AvgIpc) is 3.24. The first-order chi connectivity index (χ1) is 16.6. The minimum atomic E-state index is -0.0454. The Labute approximate surface area is 200 Å². The number of carbonyl (C=O) groups excluding carboxylic acids is 3. The lowest BCUT2D eigenvalue weighted by atomic mass is 9.93. The first-order valence-corrected chi connectivity index (χ1v) is 12.2. The standard InChI is InChI=1S/C27H31N3O4/c1-34-24-9-5-4-8-23(24)26(32)29-14-10-19(11-15-29)25(31)28-16-12-21(13-17-28)30-18-20-6-2-3-7-22(20)27(30)33/h2-9,19,21H,10-18H2,1H3. The van der Waals surface area contributed by atoms with Crippen molar-refractivity contribution in [2.75, 3.05) is 33.3 Å². The molecule has 2 fully saturated rings. The van der Waals surface area contributed by atoms with Crippen LogP contribution in [0.5, 0.6) is 5.75 Å². The van der Waals surface area contributed by atoms with Crippen LogP contribution in [0.1, 0.15) is 52.0 Å². The van der Waals surface area contributed by atoms with Crippen molar-refractivity contribution in [3.05, 3.63) is 65.2 Å². The molecular weight excluding hydrogens is 430 g/mol. The molecule has 7 heteroatoms. The smallest absolute Gasteiger partial charge is 0.257 e. The number of hydrogen-bond acceptors (Lipinski definition) is 4. The van der Waals surface area contributed by atoms with Gasteiger partial charge in [-0.15, -0.1) is 0 Å². The largest absolute Gasteiger partial charge is 0.496 e. The average molecular weight is 462 g/mol. The maximum atomic E-state index is 13.2. The number of methoxy groups -OCH3 is 1. The number of rotatable bonds is 4. The highest BCUT2D eigenvalue weighted by Gasteiger charge is 2.37. The molecule has 178 valence electrons. The molecule has 3 aliphatic heterocycles. The quantitative estimate of drug-likeness (QED) is 0.701. The molecule has 0 atom stereocenters. The summed E-state index contributed by atoms with van der Waals surface area (Å²) in [6.07, 6.45) is 2.99. The highest BCUT2D eigenvalue weighted by molar-refractivity contribution is 5.98. The summed E-state index contributed by atoms with van der Waals surface area (Å²) in [6.45, 7) is 3.19. The van der Waals surface area contributed by atoms with Gasteiger partial charge in [-0.25, -0.2) is 0 Å². The molecule has 3 heterocycles. The minimum Gasteiger partial charge on any atom is -0.496 e. The van der Waals surface area contributed by atoms with Crippen molar-refractivity contribution in [3.8, 4) is 5.75 Å². The third-order valence-electron chi connectivity index (χ3n) is 7.54. The van der Waals surface area contributed by atoms with Crippen molar-refractivity contribution in [2.45, 2.75) is 38.3 Å². The Kier molecular flexibility index (Phi) is 6.26. The number of piperidine rings is 2. The summed E-state index contributed by atoms with van der Waals surface area (Å²) in [7, 11) is 1.57. The molecule has 0 unspecified atom stereocenters. The predicted octanol–water partition coefficient (Wildman–Crippen LogP) is 3.19. The summed E-state index contributed by atoms with van der Waals surface area (Å²) in [5.74, 6) is 0.802. The van der Waals surface area contributed by atoms with E-state index in [0.29, 0.717) is 56.9 Å². The Morgan fingerprint density at radius 3 is 2.21 bits per heavy atom. The summed E-state index contributed by atoms with van der Waals surface area (Å²) >= 11 is 0. The van der Waals surface area contributed by atoms with Gasteiger partial charge >= 0.3 is 0 Å². The van der Waals surface area contributed by atoms with Gasteiger partial charge in [0.15, 0.2) is 0 Å². The van der Waals surface area contributed by atoms with Gasteiger partial charge in [-0.2, -0.15) is 0 Å². The van der Waals surface area contributed by atoms with Crippen molar-refractivity contribution in [1.82, 2.24) is 14.7 Å². The van der Waals surface area contributed by atoms with E-state index in [0.717, 1.165) is 24.0 Å². The number of benzene rings is 2. The fraction of sp³-hybridized carbons (Fsp3) is 0.444. The number of nitrogens with zero attached hydrogens (tertiary/aromatic N) is 3. The van der Waals surface area contributed by atoms with E-state index in [-0.39, 0.29) is 29.7 Å². The molecule has 2 aromatic rings. The van der Waals surface area contributed by atoms with Crippen molar-refractivity contribution < 1.29 is 19.1 Å². The van der Waals surface area contributed by atoms with Crippen LogP contribution in [0.2, 0.25) is 0 Å². The zero-order valence-electron chi connectivity index (χ0n) is 19.6. The Bertz CT molecular complexity index is 1080. The van der Waals surface area contributed by atoms with Gasteiger partial charge in [-0.1, -0.05) is 30.3 Å². The monoisotopic (exact) mass is 461 g/mol. The maximum absolute atomic E-state index is 13.2. The third-order valence-corrected chi connectivity index (χ3v) is 7.54. The molecule has 34 heavy (non-hydrogen) atoms. The first kappa shape index (κ1) is 22.4. The molecular formula is C27H31N3O4. The third kappa shape index (κ3) is 4.15. The summed E-state index contributed by atoms with van der Waals surface area (Å²) in [5.41, 5.74) is 2.48. The number of fused-ring (bicyclic) bond motifs is 1. The summed E-state index contributed by atoms with van der Waals surface area (Å²) in [6, 6.07) is 15.3. The number of amides is 3. The van der Waals surface area contributed by atoms with E-state index in [1.165, 1.54) is 0 Å². The molecule has 0 N–H and O–H groups in total. The molecule has 0 radical (unpaired) electrons. The van der Waals surface area contributed by atoms with E-state index in [1.54, 1.807) is 19.2 Å². The predicted molar refractivity (Wildman–Crippen MR) is 128 cm³/mol. The molecule has 5 rings (SSSR count). The van der Waals surface area contributed by atoms with E-state index < -0.39 is 0 Å². The van der Waals surface area contributed by atoms with Gasteiger partial charge in [0.25, 0.3) is 11.8 Å². The highest BCUT2D eigenvalue weighted by atomic mass is 16.5. The van der Waals surface area contributed by atoms with Crippen LogP contribution in [0.3, 0.4) is 0 Å². The van der Waals surface area contributed by atoms with E-state index in [4.69, 9.17) is 4.74 Å². The summed E-state index contributed by atoms with van der Waals surface area (Å²) in [4.78, 5) is 44.7. The molecule has 2 aromatic carbocycles. The van der Waals surface area contributed by atoms with Crippen LogP contribution in [0.4, 0.5) is 0 Å². The summed E-state index contributed by atoms with van der Waals surface area (Å²) < 4.78 is 5.33. The van der Waals surface area contributed by atoms with E-state index in [2.05, 4.69) is 0 Å². The van der Waals surface area contributed by atoms with Gasteiger partial charge in [-0.3, -0.25) is 14.4 Å². The van der Waals surface area contributed by atoms with Gasteiger partial charge in [-0.05, 0) is 49.4 Å². The van der Waals surface area contributed by atoms with Crippen LogP contribution in [-0.2, 0) is 11.3 Å². The molecule has 3 amide bonds. The Hall–Kier alpha value is -3.35. The Morgan fingerprint density at radius 2 is 1.50 bits per heavy atom. The van der Waals surface area contributed by atoms with Crippen molar-refractivity contribution in [3.63, 3.8) is 0 Å².